The highest BCUT2D eigenvalue weighted by atomic mass is 19.1. The first kappa shape index (κ1) is 14.9. The molecule has 1 unspecified atom stereocenters. The highest BCUT2D eigenvalue weighted by molar-refractivity contribution is 6.08. The number of ether oxygens (including phenoxy) is 1. The molecule has 2 rings (SSSR count). The summed E-state index contributed by atoms with van der Waals surface area (Å²) in [5.74, 6) is -2.26. The van der Waals surface area contributed by atoms with Crippen LogP contribution in [0.5, 0.6) is 5.75 Å². The zero-order valence-electron chi connectivity index (χ0n) is 11.6. The topological polar surface area (TPSA) is 43.4 Å². The molecule has 0 aliphatic rings. The van der Waals surface area contributed by atoms with Gasteiger partial charge in [0.1, 0.15) is 17.5 Å². The molecular formula is C17H15FO3. The molecular weight excluding hydrogens is 271 g/mol. The Hall–Kier alpha value is -2.49. The predicted molar refractivity (Wildman–Crippen MR) is 76.6 cm³/mol. The number of halogens is 1. The lowest BCUT2D eigenvalue weighted by atomic mass is 9.95. The molecule has 108 valence electrons. The van der Waals surface area contributed by atoms with Gasteiger partial charge in [-0.25, -0.2) is 4.39 Å². The van der Waals surface area contributed by atoms with Crippen molar-refractivity contribution in [3.05, 3.63) is 66.0 Å². The van der Waals surface area contributed by atoms with E-state index in [1.807, 2.05) is 0 Å². The Bertz CT molecular complexity index is 637. The first-order valence-corrected chi connectivity index (χ1v) is 6.68. The van der Waals surface area contributed by atoms with Gasteiger partial charge in [0.15, 0.2) is 5.78 Å². The number of esters is 1. The normalized spacial score (nSPS) is 11.7. The summed E-state index contributed by atoms with van der Waals surface area (Å²) in [4.78, 5) is 24.4. The molecule has 2 aromatic rings. The quantitative estimate of drug-likeness (QED) is 0.365. The Labute approximate surface area is 122 Å². The van der Waals surface area contributed by atoms with Gasteiger partial charge in [0.05, 0.1) is 0 Å². The Morgan fingerprint density at radius 1 is 1.10 bits per heavy atom. The van der Waals surface area contributed by atoms with Gasteiger partial charge < -0.3 is 4.74 Å². The zero-order valence-corrected chi connectivity index (χ0v) is 11.6. The van der Waals surface area contributed by atoms with E-state index in [-0.39, 0.29) is 11.5 Å². The highest BCUT2D eigenvalue weighted by Crippen LogP contribution is 2.18. The Morgan fingerprint density at radius 3 is 2.43 bits per heavy atom. The fraction of sp³-hybridized carbons (Fsp3) is 0.176. The summed E-state index contributed by atoms with van der Waals surface area (Å²) in [6.07, 6.45) is 0.321. The minimum atomic E-state index is -0.893. The third-order valence-electron chi connectivity index (χ3n) is 3.08. The molecule has 2 aromatic carbocycles. The minimum absolute atomic E-state index is 0.0966. The van der Waals surface area contributed by atoms with Gasteiger partial charge in [0.2, 0.25) is 0 Å². The van der Waals surface area contributed by atoms with Gasteiger partial charge in [-0.05, 0) is 18.6 Å². The van der Waals surface area contributed by atoms with E-state index >= 15 is 0 Å². The van der Waals surface area contributed by atoms with Crippen LogP contribution in [-0.4, -0.2) is 11.8 Å². The van der Waals surface area contributed by atoms with Gasteiger partial charge in [0, 0.05) is 11.6 Å². The summed E-state index contributed by atoms with van der Waals surface area (Å²) in [6, 6.07) is 13.8. The van der Waals surface area contributed by atoms with Crippen molar-refractivity contribution in [3.63, 3.8) is 0 Å². The van der Waals surface area contributed by atoms with E-state index in [0.29, 0.717) is 12.0 Å². The van der Waals surface area contributed by atoms with Gasteiger partial charge in [-0.1, -0.05) is 43.3 Å². The van der Waals surface area contributed by atoms with Crippen molar-refractivity contribution in [3.8, 4) is 5.75 Å². The number of benzene rings is 2. The zero-order chi connectivity index (χ0) is 15.2. The lowest BCUT2D eigenvalue weighted by Gasteiger charge is -2.13. The van der Waals surface area contributed by atoms with Crippen LogP contribution in [0.2, 0.25) is 0 Å². The second-order valence-corrected chi connectivity index (χ2v) is 4.57. The van der Waals surface area contributed by atoms with E-state index in [4.69, 9.17) is 4.74 Å². The fourth-order valence-corrected chi connectivity index (χ4v) is 1.98. The van der Waals surface area contributed by atoms with Crippen LogP contribution in [-0.2, 0) is 4.79 Å². The van der Waals surface area contributed by atoms with Gasteiger partial charge in [-0.15, -0.1) is 0 Å². The maximum absolute atomic E-state index is 13.1. The predicted octanol–water partition coefficient (Wildman–Crippen LogP) is 3.64. The highest BCUT2D eigenvalue weighted by Gasteiger charge is 2.27. The van der Waals surface area contributed by atoms with Gasteiger partial charge >= 0.3 is 5.97 Å². The van der Waals surface area contributed by atoms with E-state index in [9.17, 15) is 14.0 Å². The summed E-state index contributed by atoms with van der Waals surface area (Å²) in [5, 5.41) is 0. The number of carbonyl (C=O) groups is 2. The van der Waals surface area contributed by atoms with E-state index in [0.717, 1.165) is 6.07 Å². The van der Waals surface area contributed by atoms with Crippen LogP contribution in [0.1, 0.15) is 23.7 Å². The first-order valence-electron chi connectivity index (χ1n) is 6.68. The second kappa shape index (κ2) is 6.79. The van der Waals surface area contributed by atoms with Crippen LogP contribution in [0.3, 0.4) is 0 Å². The van der Waals surface area contributed by atoms with Crippen molar-refractivity contribution < 1.29 is 18.7 Å². The molecule has 3 nitrogen and oxygen atoms in total. The van der Waals surface area contributed by atoms with Crippen molar-refractivity contribution >= 4 is 11.8 Å². The first-order chi connectivity index (χ1) is 10.1. The lowest BCUT2D eigenvalue weighted by Crippen LogP contribution is -2.27. The van der Waals surface area contributed by atoms with Gasteiger partial charge in [-0.3, -0.25) is 9.59 Å². The largest absolute Gasteiger partial charge is 0.426 e. The van der Waals surface area contributed by atoms with Crippen LogP contribution in [0.25, 0.3) is 0 Å². The third-order valence-corrected chi connectivity index (χ3v) is 3.08. The molecule has 21 heavy (non-hydrogen) atoms. The average molecular weight is 286 g/mol. The molecule has 0 radical (unpaired) electrons. The van der Waals surface area contributed by atoms with E-state index < -0.39 is 17.7 Å². The number of hydrogen-bond acceptors (Lipinski definition) is 3. The Kier molecular flexibility index (Phi) is 4.82. The smallest absolute Gasteiger partial charge is 0.322 e. The number of rotatable bonds is 5. The molecule has 0 saturated carbocycles. The van der Waals surface area contributed by atoms with Crippen molar-refractivity contribution in [2.24, 2.45) is 5.92 Å². The Morgan fingerprint density at radius 2 is 1.81 bits per heavy atom. The third kappa shape index (κ3) is 3.75. The summed E-state index contributed by atoms with van der Waals surface area (Å²) >= 11 is 0. The molecule has 0 heterocycles. The summed E-state index contributed by atoms with van der Waals surface area (Å²) in [6.45, 7) is 1.73. The molecule has 0 aliphatic carbocycles. The molecule has 0 amide bonds. The molecule has 0 N–H and O–H groups in total. The maximum Gasteiger partial charge on any atom is 0.322 e. The van der Waals surface area contributed by atoms with Crippen molar-refractivity contribution in [2.75, 3.05) is 0 Å². The van der Waals surface area contributed by atoms with Crippen molar-refractivity contribution in [1.29, 1.82) is 0 Å². The van der Waals surface area contributed by atoms with Crippen LogP contribution >= 0.6 is 0 Å². The fourth-order valence-electron chi connectivity index (χ4n) is 1.98. The minimum Gasteiger partial charge on any atom is -0.426 e. The summed E-state index contributed by atoms with van der Waals surface area (Å²) in [5.41, 5.74) is 0.459. The number of hydrogen-bond donors (Lipinski definition) is 0. The number of carbonyl (C=O) groups excluding carboxylic acids is 2. The SMILES string of the molecule is CCC(C(=O)Oc1cccc(F)c1)C(=O)c1ccccc1. The van der Waals surface area contributed by atoms with Crippen LogP contribution in [0.15, 0.2) is 54.6 Å². The number of ketones is 1. The van der Waals surface area contributed by atoms with E-state index in [2.05, 4.69) is 0 Å². The molecule has 0 spiro atoms. The summed E-state index contributed by atoms with van der Waals surface area (Å²) < 4.78 is 18.2. The lowest BCUT2D eigenvalue weighted by molar-refractivity contribution is -0.137. The molecule has 0 saturated heterocycles. The van der Waals surface area contributed by atoms with Gasteiger partial charge in [0.25, 0.3) is 0 Å². The monoisotopic (exact) mass is 286 g/mol. The molecule has 1 atom stereocenters. The van der Waals surface area contributed by atoms with E-state index in [1.165, 1.54) is 18.2 Å². The van der Waals surface area contributed by atoms with Crippen molar-refractivity contribution in [2.45, 2.75) is 13.3 Å². The van der Waals surface area contributed by atoms with Gasteiger partial charge in [-0.2, -0.15) is 0 Å². The average Bonchev–Trinajstić information content (AvgIpc) is 2.48. The van der Waals surface area contributed by atoms with Crippen LogP contribution in [0, 0.1) is 11.7 Å². The molecule has 0 aliphatic heterocycles. The van der Waals surface area contributed by atoms with Crippen molar-refractivity contribution in [1.82, 2.24) is 0 Å². The summed E-state index contributed by atoms with van der Waals surface area (Å²) in [7, 11) is 0. The molecule has 0 fully saturated rings. The maximum atomic E-state index is 13.1. The van der Waals surface area contributed by atoms with Crippen LogP contribution < -0.4 is 4.74 Å². The Balaban J connectivity index is 2.14. The number of Topliss-reactive ketones (excluding diaryl/α,β-unsaturated/α-hetero) is 1. The van der Waals surface area contributed by atoms with E-state index in [1.54, 1.807) is 37.3 Å². The second-order valence-electron chi connectivity index (χ2n) is 4.57. The molecule has 0 bridgehead atoms. The van der Waals surface area contributed by atoms with Crippen LogP contribution in [0.4, 0.5) is 4.39 Å². The molecule has 0 aromatic heterocycles. The molecule has 4 heteroatoms. The standard InChI is InChI=1S/C17H15FO3/c1-2-15(16(19)12-7-4-3-5-8-12)17(20)21-14-10-6-9-13(18)11-14/h3-11,15H,2H2,1H3.